The molecule has 1 aromatic rings. The standard InChI is InChI=1S/C16H19N5O2S2/c1-16(2)14(23)21(15(24)20(16)6-5-13(22)18-3)10-7-12(25-4)11(8-17)19-9-10/h7,9H,5-6H2,1-4H3,(H,18,22). The van der Waals surface area contributed by atoms with E-state index in [0.717, 1.165) is 0 Å². The average Bonchev–Trinajstić information content (AvgIpc) is 2.77. The number of thioether (sulfide) groups is 1. The van der Waals surface area contributed by atoms with E-state index in [0.29, 0.717) is 27.9 Å². The van der Waals surface area contributed by atoms with Crippen molar-refractivity contribution in [3.8, 4) is 6.07 Å². The molecule has 1 aliphatic rings. The van der Waals surface area contributed by atoms with Crippen molar-refractivity contribution in [2.75, 3.05) is 24.7 Å². The van der Waals surface area contributed by atoms with E-state index in [9.17, 15) is 9.59 Å². The lowest BCUT2D eigenvalue weighted by atomic mass is 10.0. The van der Waals surface area contributed by atoms with Gasteiger partial charge in [-0.25, -0.2) is 4.98 Å². The number of carbonyl (C=O) groups excluding carboxylic acids is 2. The highest BCUT2D eigenvalue weighted by Crippen LogP contribution is 2.34. The summed E-state index contributed by atoms with van der Waals surface area (Å²) >= 11 is 6.88. The summed E-state index contributed by atoms with van der Waals surface area (Å²) in [5.41, 5.74) is -0.0307. The van der Waals surface area contributed by atoms with Gasteiger partial charge in [0.15, 0.2) is 10.8 Å². The molecule has 1 saturated heterocycles. The lowest BCUT2D eigenvalue weighted by Gasteiger charge is -2.29. The number of anilines is 1. The summed E-state index contributed by atoms with van der Waals surface area (Å²) in [5, 5.41) is 12.0. The van der Waals surface area contributed by atoms with Crippen molar-refractivity contribution >= 4 is 46.6 Å². The number of nitrogens with zero attached hydrogens (tertiary/aromatic N) is 4. The number of aromatic nitrogens is 1. The van der Waals surface area contributed by atoms with Crippen LogP contribution in [0.5, 0.6) is 0 Å². The summed E-state index contributed by atoms with van der Waals surface area (Å²) in [6.07, 6.45) is 3.55. The van der Waals surface area contributed by atoms with Crippen LogP contribution in [0.1, 0.15) is 26.0 Å². The number of hydrogen-bond donors (Lipinski definition) is 1. The zero-order valence-electron chi connectivity index (χ0n) is 14.5. The Kier molecular flexibility index (Phi) is 5.65. The van der Waals surface area contributed by atoms with Gasteiger partial charge in [-0.15, -0.1) is 11.8 Å². The third kappa shape index (κ3) is 3.45. The number of carbonyl (C=O) groups is 2. The van der Waals surface area contributed by atoms with E-state index in [2.05, 4.69) is 10.3 Å². The van der Waals surface area contributed by atoms with Crippen LogP contribution in [-0.4, -0.2) is 52.2 Å². The van der Waals surface area contributed by atoms with Crippen LogP contribution in [0.25, 0.3) is 0 Å². The van der Waals surface area contributed by atoms with Gasteiger partial charge in [0.05, 0.1) is 11.9 Å². The van der Waals surface area contributed by atoms with E-state index < -0.39 is 5.54 Å². The first kappa shape index (κ1) is 19.1. The van der Waals surface area contributed by atoms with Crippen molar-refractivity contribution in [3.05, 3.63) is 18.0 Å². The summed E-state index contributed by atoms with van der Waals surface area (Å²) in [6, 6.07) is 3.76. The van der Waals surface area contributed by atoms with Gasteiger partial charge in [0, 0.05) is 24.9 Å². The Balaban J connectivity index is 2.36. The van der Waals surface area contributed by atoms with Crippen LogP contribution < -0.4 is 10.2 Å². The van der Waals surface area contributed by atoms with Gasteiger partial charge in [-0.2, -0.15) is 5.26 Å². The maximum atomic E-state index is 12.9. The number of amides is 2. The fourth-order valence-electron chi connectivity index (χ4n) is 2.57. The first-order chi connectivity index (χ1) is 11.8. The van der Waals surface area contributed by atoms with Gasteiger partial charge in [-0.1, -0.05) is 0 Å². The highest BCUT2D eigenvalue weighted by molar-refractivity contribution is 7.98. The molecule has 1 N–H and O–H groups in total. The van der Waals surface area contributed by atoms with Crippen molar-refractivity contribution in [2.45, 2.75) is 30.7 Å². The average molecular weight is 377 g/mol. The molecule has 0 radical (unpaired) electrons. The van der Waals surface area contributed by atoms with E-state index in [1.807, 2.05) is 12.3 Å². The first-order valence-corrected chi connectivity index (χ1v) is 9.22. The third-order valence-electron chi connectivity index (χ3n) is 4.09. The molecule has 0 bridgehead atoms. The van der Waals surface area contributed by atoms with Crippen LogP contribution in [0.4, 0.5) is 5.69 Å². The Bertz CT molecular complexity index is 772. The Morgan fingerprint density at radius 2 is 2.20 bits per heavy atom. The number of hydrogen-bond acceptors (Lipinski definition) is 6. The molecule has 0 atom stereocenters. The second-order valence-corrected chi connectivity index (χ2v) is 7.13. The molecule has 132 valence electrons. The van der Waals surface area contributed by atoms with E-state index in [4.69, 9.17) is 17.5 Å². The quantitative estimate of drug-likeness (QED) is 0.615. The Hall–Kier alpha value is -2.18. The second kappa shape index (κ2) is 7.37. The second-order valence-electron chi connectivity index (χ2n) is 5.91. The van der Waals surface area contributed by atoms with Gasteiger partial charge >= 0.3 is 0 Å². The monoisotopic (exact) mass is 377 g/mol. The van der Waals surface area contributed by atoms with Crippen molar-refractivity contribution in [2.24, 2.45) is 0 Å². The first-order valence-electron chi connectivity index (χ1n) is 7.58. The smallest absolute Gasteiger partial charge is 0.258 e. The molecule has 0 unspecified atom stereocenters. The molecular weight excluding hydrogens is 358 g/mol. The molecule has 25 heavy (non-hydrogen) atoms. The highest BCUT2D eigenvalue weighted by Gasteiger charge is 2.49. The van der Waals surface area contributed by atoms with Gasteiger partial charge in [0.2, 0.25) is 5.91 Å². The van der Waals surface area contributed by atoms with Crippen molar-refractivity contribution in [1.29, 1.82) is 5.26 Å². The molecule has 0 spiro atoms. The fourth-order valence-corrected chi connectivity index (χ4v) is 3.61. The summed E-state index contributed by atoms with van der Waals surface area (Å²) < 4.78 is 0. The van der Waals surface area contributed by atoms with E-state index in [1.54, 1.807) is 31.9 Å². The van der Waals surface area contributed by atoms with Crippen LogP contribution in [0, 0.1) is 11.3 Å². The van der Waals surface area contributed by atoms with Crippen LogP contribution >= 0.6 is 24.0 Å². The van der Waals surface area contributed by atoms with Crippen LogP contribution in [0.3, 0.4) is 0 Å². The molecule has 0 aliphatic carbocycles. The Morgan fingerprint density at radius 1 is 1.52 bits per heavy atom. The molecule has 7 nitrogen and oxygen atoms in total. The number of rotatable bonds is 5. The fraction of sp³-hybridized carbons (Fsp3) is 0.438. The summed E-state index contributed by atoms with van der Waals surface area (Å²) in [4.78, 5) is 32.4. The Labute approximate surface area is 156 Å². The van der Waals surface area contributed by atoms with Gasteiger partial charge in [-0.3, -0.25) is 14.5 Å². The normalized spacial score (nSPS) is 16.1. The minimum Gasteiger partial charge on any atom is -0.359 e. The lowest BCUT2D eigenvalue weighted by Crippen LogP contribution is -2.45. The predicted octanol–water partition coefficient (Wildman–Crippen LogP) is 1.52. The number of nitrogens with one attached hydrogen (secondary N) is 1. The summed E-state index contributed by atoms with van der Waals surface area (Å²) in [7, 11) is 1.57. The number of thiocarbonyl (C=S) groups is 1. The molecule has 1 aromatic heterocycles. The number of pyridine rings is 1. The van der Waals surface area contributed by atoms with Crippen LogP contribution in [0.15, 0.2) is 17.2 Å². The largest absolute Gasteiger partial charge is 0.359 e. The lowest BCUT2D eigenvalue weighted by molar-refractivity contribution is -0.125. The maximum Gasteiger partial charge on any atom is 0.258 e. The summed E-state index contributed by atoms with van der Waals surface area (Å²) in [5.74, 6) is -0.304. The van der Waals surface area contributed by atoms with Gasteiger partial charge in [0.25, 0.3) is 5.91 Å². The van der Waals surface area contributed by atoms with E-state index in [-0.39, 0.29) is 18.2 Å². The molecule has 0 saturated carbocycles. The summed E-state index contributed by atoms with van der Waals surface area (Å²) in [6.45, 7) is 3.89. The van der Waals surface area contributed by atoms with Crippen LogP contribution in [0.2, 0.25) is 0 Å². The molecule has 1 aliphatic heterocycles. The zero-order valence-corrected chi connectivity index (χ0v) is 16.1. The molecular formula is C16H19N5O2S2. The minimum atomic E-state index is -0.863. The molecule has 2 heterocycles. The van der Waals surface area contributed by atoms with E-state index >= 15 is 0 Å². The zero-order chi connectivity index (χ0) is 18.8. The SMILES string of the molecule is CNC(=O)CCN1C(=S)N(c2cnc(C#N)c(SC)c2)C(=O)C1(C)C. The van der Waals surface area contributed by atoms with Gasteiger partial charge < -0.3 is 10.2 Å². The van der Waals surface area contributed by atoms with E-state index in [1.165, 1.54) is 22.9 Å². The minimum absolute atomic E-state index is 0.116. The molecule has 2 rings (SSSR count). The predicted molar refractivity (Wildman–Crippen MR) is 100 cm³/mol. The van der Waals surface area contributed by atoms with Gasteiger partial charge in [-0.05, 0) is 38.4 Å². The van der Waals surface area contributed by atoms with Crippen molar-refractivity contribution in [1.82, 2.24) is 15.2 Å². The van der Waals surface area contributed by atoms with Crippen molar-refractivity contribution < 1.29 is 9.59 Å². The molecule has 1 fully saturated rings. The Morgan fingerprint density at radius 3 is 2.76 bits per heavy atom. The molecule has 9 heteroatoms. The maximum absolute atomic E-state index is 12.9. The molecule has 0 aromatic carbocycles. The topological polar surface area (TPSA) is 89.3 Å². The van der Waals surface area contributed by atoms with Crippen LogP contribution in [-0.2, 0) is 9.59 Å². The highest BCUT2D eigenvalue weighted by atomic mass is 32.2. The number of nitriles is 1. The molecule has 2 amide bonds. The van der Waals surface area contributed by atoms with Gasteiger partial charge in [0.1, 0.15) is 11.6 Å². The third-order valence-corrected chi connectivity index (χ3v) is 5.24. The van der Waals surface area contributed by atoms with Crippen molar-refractivity contribution in [3.63, 3.8) is 0 Å².